The van der Waals surface area contributed by atoms with Crippen molar-refractivity contribution >= 4 is 22.6 Å². The molecule has 16 heavy (non-hydrogen) atoms. The van der Waals surface area contributed by atoms with E-state index in [1.165, 1.54) is 28.6 Å². The number of halogens is 1. The molecule has 0 bridgehead atoms. The average molecular weight is 330 g/mol. The van der Waals surface area contributed by atoms with Crippen LogP contribution in [0.5, 0.6) is 0 Å². The van der Waals surface area contributed by atoms with Crippen molar-refractivity contribution in [1.82, 2.24) is 10.2 Å². The first-order chi connectivity index (χ1) is 7.81. The van der Waals surface area contributed by atoms with Gasteiger partial charge in [-0.15, -0.1) is 0 Å². The van der Waals surface area contributed by atoms with E-state index in [2.05, 4.69) is 64.0 Å². The van der Waals surface area contributed by atoms with Crippen LogP contribution in [0.15, 0.2) is 24.3 Å². The van der Waals surface area contributed by atoms with Gasteiger partial charge in [-0.3, -0.25) is 4.90 Å². The molecule has 1 heterocycles. The maximum absolute atomic E-state index is 3.41. The van der Waals surface area contributed by atoms with Crippen molar-refractivity contribution in [1.29, 1.82) is 0 Å². The molecule has 1 fully saturated rings. The fourth-order valence-corrected chi connectivity index (χ4v) is 2.98. The van der Waals surface area contributed by atoms with Gasteiger partial charge >= 0.3 is 0 Å². The van der Waals surface area contributed by atoms with Crippen molar-refractivity contribution in [2.75, 3.05) is 26.2 Å². The van der Waals surface area contributed by atoms with Crippen LogP contribution in [0.1, 0.15) is 24.9 Å². The summed E-state index contributed by atoms with van der Waals surface area (Å²) in [6.45, 7) is 6.88. The van der Waals surface area contributed by atoms with E-state index in [4.69, 9.17) is 0 Å². The SMILES string of the molecule is CC[C@H](c1cccc(I)c1)N1CCNCC1. The maximum Gasteiger partial charge on any atom is 0.0346 e. The molecule has 1 saturated heterocycles. The Labute approximate surface area is 112 Å². The Morgan fingerprint density at radius 3 is 2.75 bits per heavy atom. The lowest BCUT2D eigenvalue weighted by Gasteiger charge is -2.34. The van der Waals surface area contributed by atoms with Crippen molar-refractivity contribution in [3.05, 3.63) is 33.4 Å². The lowest BCUT2D eigenvalue weighted by molar-refractivity contribution is 0.169. The molecule has 3 heteroatoms. The van der Waals surface area contributed by atoms with Gasteiger partial charge in [-0.05, 0) is 46.7 Å². The van der Waals surface area contributed by atoms with Crippen LogP contribution in [0.3, 0.4) is 0 Å². The molecule has 1 atom stereocenters. The summed E-state index contributed by atoms with van der Waals surface area (Å²) in [4.78, 5) is 2.60. The van der Waals surface area contributed by atoms with Crippen LogP contribution in [-0.4, -0.2) is 31.1 Å². The van der Waals surface area contributed by atoms with Crippen molar-refractivity contribution < 1.29 is 0 Å². The lowest BCUT2D eigenvalue weighted by Crippen LogP contribution is -2.45. The third-order valence-corrected chi connectivity index (χ3v) is 3.88. The highest BCUT2D eigenvalue weighted by atomic mass is 127. The van der Waals surface area contributed by atoms with Gasteiger partial charge in [0.05, 0.1) is 0 Å². The highest BCUT2D eigenvalue weighted by Gasteiger charge is 2.20. The van der Waals surface area contributed by atoms with Crippen LogP contribution in [-0.2, 0) is 0 Å². The Morgan fingerprint density at radius 1 is 1.38 bits per heavy atom. The van der Waals surface area contributed by atoms with Crippen molar-refractivity contribution in [3.63, 3.8) is 0 Å². The van der Waals surface area contributed by atoms with Gasteiger partial charge in [-0.1, -0.05) is 19.1 Å². The standard InChI is InChI=1S/C13H19IN2/c1-2-13(16-8-6-15-7-9-16)11-4-3-5-12(14)10-11/h3-5,10,13,15H,2,6-9H2,1H3/t13-/m1/s1. The Balaban J connectivity index is 2.14. The van der Waals surface area contributed by atoms with Crippen molar-refractivity contribution in [2.45, 2.75) is 19.4 Å². The molecule has 2 nitrogen and oxygen atoms in total. The van der Waals surface area contributed by atoms with E-state index >= 15 is 0 Å². The topological polar surface area (TPSA) is 15.3 Å². The number of nitrogens with zero attached hydrogens (tertiary/aromatic N) is 1. The second-order valence-electron chi connectivity index (χ2n) is 4.27. The summed E-state index contributed by atoms with van der Waals surface area (Å²) in [5, 5.41) is 3.41. The lowest BCUT2D eigenvalue weighted by atomic mass is 10.0. The van der Waals surface area contributed by atoms with Crippen LogP contribution in [0.4, 0.5) is 0 Å². The van der Waals surface area contributed by atoms with Gasteiger partial charge in [0.2, 0.25) is 0 Å². The Bertz CT molecular complexity index is 334. The predicted molar refractivity (Wildman–Crippen MR) is 76.6 cm³/mol. The normalized spacial score (nSPS) is 19.6. The van der Waals surface area contributed by atoms with Crippen molar-refractivity contribution in [3.8, 4) is 0 Å². The molecule has 1 aliphatic rings. The predicted octanol–water partition coefficient (Wildman–Crippen LogP) is 2.65. The first kappa shape index (κ1) is 12.3. The summed E-state index contributed by atoms with van der Waals surface area (Å²) in [5.41, 5.74) is 1.47. The van der Waals surface area contributed by atoms with Gasteiger partial charge in [-0.2, -0.15) is 0 Å². The highest BCUT2D eigenvalue weighted by Crippen LogP contribution is 2.25. The van der Waals surface area contributed by atoms with Gasteiger partial charge in [0.15, 0.2) is 0 Å². The second kappa shape index (κ2) is 5.98. The van der Waals surface area contributed by atoms with Crippen LogP contribution >= 0.6 is 22.6 Å². The molecule has 0 amide bonds. The van der Waals surface area contributed by atoms with E-state index in [1.807, 2.05) is 0 Å². The molecular weight excluding hydrogens is 311 g/mol. The summed E-state index contributed by atoms with van der Waals surface area (Å²) in [6.07, 6.45) is 1.19. The molecule has 88 valence electrons. The molecule has 0 unspecified atom stereocenters. The minimum Gasteiger partial charge on any atom is -0.314 e. The quantitative estimate of drug-likeness (QED) is 0.858. The Kier molecular flexibility index (Phi) is 4.61. The molecule has 1 aliphatic heterocycles. The van der Waals surface area contributed by atoms with Crippen LogP contribution < -0.4 is 5.32 Å². The molecule has 0 radical (unpaired) electrons. The summed E-state index contributed by atoms with van der Waals surface area (Å²) in [5.74, 6) is 0. The summed E-state index contributed by atoms with van der Waals surface area (Å²) in [7, 11) is 0. The summed E-state index contributed by atoms with van der Waals surface area (Å²) >= 11 is 2.40. The van der Waals surface area contributed by atoms with E-state index in [-0.39, 0.29) is 0 Å². The third kappa shape index (κ3) is 2.96. The van der Waals surface area contributed by atoms with Crippen molar-refractivity contribution in [2.24, 2.45) is 0 Å². The molecule has 1 aromatic rings. The van der Waals surface area contributed by atoms with E-state index in [1.54, 1.807) is 0 Å². The van der Waals surface area contributed by atoms with E-state index < -0.39 is 0 Å². The first-order valence-electron chi connectivity index (χ1n) is 6.01. The van der Waals surface area contributed by atoms with E-state index in [9.17, 15) is 0 Å². The maximum atomic E-state index is 3.41. The van der Waals surface area contributed by atoms with Gasteiger partial charge < -0.3 is 5.32 Å². The number of nitrogens with one attached hydrogen (secondary N) is 1. The molecule has 1 aromatic carbocycles. The molecule has 0 aromatic heterocycles. The summed E-state index contributed by atoms with van der Waals surface area (Å²) < 4.78 is 1.34. The van der Waals surface area contributed by atoms with Gasteiger partial charge in [-0.25, -0.2) is 0 Å². The number of piperazine rings is 1. The van der Waals surface area contributed by atoms with E-state index in [0.717, 1.165) is 13.1 Å². The van der Waals surface area contributed by atoms with Crippen LogP contribution in [0.2, 0.25) is 0 Å². The average Bonchev–Trinajstić information content (AvgIpc) is 2.31. The number of benzene rings is 1. The second-order valence-corrected chi connectivity index (χ2v) is 5.51. The monoisotopic (exact) mass is 330 g/mol. The fourth-order valence-electron chi connectivity index (χ4n) is 2.41. The van der Waals surface area contributed by atoms with Gasteiger partial charge in [0.25, 0.3) is 0 Å². The highest BCUT2D eigenvalue weighted by molar-refractivity contribution is 14.1. The minimum atomic E-state index is 0.594. The fraction of sp³-hybridized carbons (Fsp3) is 0.538. The molecule has 2 rings (SSSR count). The third-order valence-electron chi connectivity index (χ3n) is 3.21. The number of hydrogen-bond donors (Lipinski definition) is 1. The molecule has 0 aliphatic carbocycles. The molecule has 1 N–H and O–H groups in total. The van der Waals surface area contributed by atoms with Crippen LogP contribution in [0, 0.1) is 3.57 Å². The number of rotatable bonds is 3. The first-order valence-corrected chi connectivity index (χ1v) is 7.09. The summed E-state index contributed by atoms with van der Waals surface area (Å²) in [6, 6.07) is 9.50. The Hall–Kier alpha value is -0.130. The largest absolute Gasteiger partial charge is 0.314 e. The molecular formula is C13H19IN2. The Morgan fingerprint density at radius 2 is 2.12 bits per heavy atom. The zero-order valence-electron chi connectivity index (χ0n) is 9.75. The zero-order valence-corrected chi connectivity index (χ0v) is 11.9. The zero-order chi connectivity index (χ0) is 11.4. The van der Waals surface area contributed by atoms with Gasteiger partial charge in [0.1, 0.15) is 0 Å². The van der Waals surface area contributed by atoms with Crippen LogP contribution in [0.25, 0.3) is 0 Å². The molecule has 0 spiro atoms. The molecule has 0 saturated carbocycles. The smallest absolute Gasteiger partial charge is 0.0346 e. The number of hydrogen-bond acceptors (Lipinski definition) is 2. The van der Waals surface area contributed by atoms with Gasteiger partial charge in [0, 0.05) is 35.8 Å². The van der Waals surface area contributed by atoms with E-state index in [0.29, 0.717) is 6.04 Å². The minimum absolute atomic E-state index is 0.594.